The highest BCUT2D eigenvalue weighted by molar-refractivity contribution is 7.89. The summed E-state index contributed by atoms with van der Waals surface area (Å²) in [6.07, 6.45) is -3.78. The van der Waals surface area contributed by atoms with Crippen molar-refractivity contribution >= 4 is 33.5 Å². The number of esters is 1. The van der Waals surface area contributed by atoms with Crippen LogP contribution in [-0.2, 0) is 19.6 Å². The van der Waals surface area contributed by atoms with E-state index in [-0.39, 0.29) is 15.5 Å². The van der Waals surface area contributed by atoms with Gasteiger partial charge in [-0.3, -0.25) is 4.79 Å². The molecule has 0 bridgehead atoms. The zero-order valence-electron chi connectivity index (χ0n) is 15.5. The number of nitrogens with one attached hydrogen (secondary N) is 1. The summed E-state index contributed by atoms with van der Waals surface area (Å²) in [4.78, 5) is 23.6. The minimum Gasteiger partial charge on any atom is -0.449 e. The van der Waals surface area contributed by atoms with Crippen molar-refractivity contribution in [1.82, 2.24) is 9.62 Å². The van der Waals surface area contributed by atoms with Crippen molar-refractivity contribution in [2.45, 2.75) is 43.4 Å². The second kappa shape index (κ2) is 9.31. The quantitative estimate of drug-likeness (QED) is 0.664. The van der Waals surface area contributed by atoms with Gasteiger partial charge in [0.05, 0.1) is 10.6 Å². The molecule has 1 aliphatic rings. The second-order valence-electron chi connectivity index (χ2n) is 6.49. The Hall–Kier alpha value is -1.85. The standard InChI is InChI=1S/C17H20ClF3N2O5S/c1-11(15(24)22-10-17(19,20)21)28-16(25)12-5-6-13(18)14(9-12)29(26,27)23-7-3-2-4-8-23/h5-6,9,11H,2-4,7-8,10H2,1H3,(H,22,24). The lowest BCUT2D eigenvalue weighted by atomic mass is 10.2. The number of sulfonamides is 1. The number of ether oxygens (including phenoxy) is 1. The molecule has 1 aromatic rings. The fourth-order valence-corrected chi connectivity index (χ4v) is 4.70. The first-order chi connectivity index (χ1) is 13.4. The van der Waals surface area contributed by atoms with Crippen LogP contribution in [0.5, 0.6) is 0 Å². The van der Waals surface area contributed by atoms with Crippen molar-refractivity contribution in [1.29, 1.82) is 0 Å². The lowest BCUT2D eigenvalue weighted by molar-refractivity contribution is -0.143. The molecule has 1 saturated heterocycles. The maximum atomic E-state index is 12.8. The first kappa shape index (κ1) is 23.4. The number of nitrogens with zero attached hydrogens (tertiary/aromatic N) is 1. The number of amides is 1. The van der Waals surface area contributed by atoms with Gasteiger partial charge in [-0.1, -0.05) is 18.0 Å². The maximum absolute atomic E-state index is 12.8. The van der Waals surface area contributed by atoms with Gasteiger partial charge in [-0.15, -0.1) is 0 Å². The van der Waals surface area contributed by atoms with Crippen molar-refractivity contribution in [3.8, 4) is 0 Å². The Labute approximate surface area is 171 Å². The number of rotatable bonds is 6. The third-order valence-electron chi connectivity index (χ3n) is 4.22. The lowest BCUT2D eigenvalue weighted by Gasteiger charge is -2.26. The summed E-state index contributed by atoms with van der Waals surface area (Å²) in [7, 11) is -3.93. The normalized spacial score (nSPS) is 16.9. The Morgan fingerprint density at radius 2 is 1.86 bits per heavy atom. The van der Waals surface area contributed by atoms with E-state index in [0.29, 0.717) is 25.9 Å². The van der Waals surface area contributed by atoms with E-state index in [0.717, 1.165) is 19.4 Å². The Bertz CT molecular complexity index is 870. The average Bonchev–Trinajstić information content (AvgIpc) is 2.66. The van der Waals surface area contributed by atoms with Crippen molar-refractivity contribution in [3.05, 3.63) is 28.8 Å². The maximum Gasteiger partial charge on any atom is 0.405 e. The van der Waals surface area contributed by atoms with Gasteiger partial charge in [-0.25, -0.2) is 13.2 Å². The van der Waals surface area contributed by atoms with Gasteiger partial charge in [0.15, 0.2) is 6.10 Å². The Morgan fingerprint density at radius 1 is 1.24 bits per heavy atom. The zero-order chi connectivity index (χ0) is 21.8. The molecule has 0 radical (unpaired) electrons. The molecule has 12 heteroatoms. The van der Waals surface area contributed by atoms with E-state index in [1.807, 2.05) is 0 Å². The van der Waals surface area contributed by atoms with Crippen LogP contribution in [-0.4, -0.2) is 56.5 Å². The monoisotopic (exact) mass is 456 g/mol. The van der Waals surface area contributed by atoms with Crippen molar-refractivity contribution in [2.75, 3.05) is 19.6 Å². The average molecular weight is 457 g/mol. The molecule has 1 heterocycles. The molecule has 0 aromatic heterocycles. The zero-order valence-corrected chi connectivity index (χ0v) is 17.0. The second-order valence-corrected chi connectivity index (χ2v) is 8.80. The lowest BCUT2D eigenvalue weighted by Crippen LogP contribution is -2.40. The molecule has 2 rings (SSSR count). The smallest absolute Gasteiger partial charge is 0.405 e. The van der Waals surface area contributed by atoms with Crippen LogP contribution in [0, 0.1) is 0 Å². The summed E-state index contributed by atoms with van der Waals surface area (Å²) in [5.41, 5.74) is -0.194. The van der Waals surface area contributed by atoms with Gasteiger partial charge in [0.1, 0.15) is 11.4 Å². The summed E-state index contributed by atoms with van der Waals surface area (Å²) in [6.45, 7) is 0.214. The fourth-order valence-electron chi connectivity index (χ4n) is 2.69. The number of alkyl halides is 3. The van der Waals surface area contributed by atoms with Gasteiger partial charge in [-0.05, 0) is 38.0 Å². The first-order valence-corrected chi connectivity index (χ1v) is 10.6. The van der Waals surface area contributed by atoms with E-state index in [1.165, 1.54) is 16.4 Å². The van der Waals surface area contributed by atoms with Crippen LogP contribution in [0.4, 0.5) is 13.2 Å². The molecule has 0 aliphatic carbocycles. The molecule has 0 spiro atoms. The number of carbonyl (C=O) groups excluding carboxylic acids is 2. The number of halogens is 4. The molecule has 7 nitrogen and oxygen atoms in total. The van der Waals surface area contributed by atoms with Crippen LogP contribution < -0.4 is 5.32 Å². The fraction of sp³-hybridized carbons (Fsp3) is 0.529. The summed E-state index contributed by atoms with van der Waals surface area (Å²) in [5, 5.41) is 1.52. The number of piperidine rings is 1. The van der Waals surface area contributed by atoms with Crippen molar-refractivity contribution in [3.63, 3.8) is 0 Å². The summed E-state index contributed by atoms with van der Waals surface area (Å²) in [5.74, 6) is -2.20. The van der Waals surface area contributed by atoms with E-state index in [2.05, 4.69) is 0 Å². The number of hydrogen-bond donors (Lipinski definition) is 1. The van der Waals surface area contributed by atoms with E-state index in [4.69, 9.17) is 16.3 Å². The van der Waals surface area contributed by atoms with Crippen LogP contribution in [0.2, 0.25) is 5.02 Å². The van der Waals surface area contributed by atoms with Gasteiger partial charge in [0.25, 0.3) is 5.91 Å². The van der Waals surface area contributed by atoms with Gasteiger partial charge in [0, 0.05) is 13.1 Å². The van der Waals surface area contributed by atoms with E-state index < -0.39 is 40.7 Å². The highest BCUT2D eigenvalue weighted by Crippen LogP contribution is 2.28. The molecule has 29 heavy (non-hydrogen) atoms. The topological polar surface area (TPSA) is 92.8 Å². The van der Waals surface area contributed by atoms with Crippen molar-refractivity contribution in [2.24, 2.45) is 0 Å². The molecule has 1 unspecified atom stereocenters. The van der Waals surface area contributed by atoms with E-state index >= 15 is 0 Å². The molecule has 1 aliphatic heterocycles. The molecule has 1 amide bonds. The van der Waals surface area contributed by atoms with Gasteiger partial charge in [-0.2, -0.15) is 17.5 Å². The first-order valence-electron chi connectivity index (χ1n) is 8.77. The molecule has 1 N–H and O–H groups in total. The highest BCUT2D eigenvalue weighted by Gasteiger charge is 2.31. The number of carbonyl (C=O) groups is 2. The third-order valence-corrected chi connectivity index (χ3v) is 6.60. The predicted molar refractivity (Wildman–Crippen MR) is 98.0 cm³/mol. The highest BCUT2D eigenvalue weighted by atomic mass is 35.5. The van der Waals surface area contributed by atoms with Gasteiger partial charge in [0.2, 0.25) is 10.0 Å². The number of benzene rings is 1. The molecule has 0 saturated carbocycles. The minimum absolute atomic E-state index is 0.0805. The molecule has 162 valence electrons. The minimum atomic E-state index is -4.60. The van der Waals surface area contributed by atoms with Crippen molar-refractivity contribution < 1.29 is 35.9 Å². The predicted octanol–water partition coefficient (Wildman–Crippen LogP) is 2.74. The Kier molecular flexibility index (Phi) is 7.52. The third kappa shape index (κ3) is 6.31. The Balaban J connectivity index is 2.14. The van der Waals surface area contributed by atoms with Crippen LogP contribution >= 0.6 is 11.6 Å². The summed E-state index contributed by atoms with van der Waals surface area (Å²) >= 11 is 6.02. The molecule has 1 aromatic carbocycles. The Morgan fingerprint density at radius 3 is 2.45 bits per heavy atom. The molecule has 1 atom stereocenters. The van der Waals surface area contributed by atoms with E-state index in [1.54, 1.807) is 5.32 Å². The SMILES string of the molecule is CC(OC(=O)c1ccc(Cl)c(S(=O)(=O)N2CCCCC2)c1)C(=O)NCC(F)(F)F. The van der Waals surface area contributed by atoms with Crippen LogP contribution in [0.1, 0.15) is 36.5 Å². The summed E-state index contributed by atoms with van der Waals surface area (Å²) < 4.78 is 68.2. The number of hydrogen-bond acceptors (Lipinski definition) is 5. The van der Waals surface area contributed by atoms with Crippen LogP contribution in [0.25, 0.3) is 0 Å². The molecular formula is C17H20ClF3N2O5S. The van der Waals surface area contributed by atoms with E-state index in [9.17, 15) is 31.2 Å². The molecular weight excluding hydrogens is 437 g/mol. The van der Waals surface area contributed by atoms with Crippen LogP contribution in [0.3, 0.4) is 0 Å². The largest absolute Gasteiger partial charge is 0.449 e. The summed E-state index contributed by atoms with van der Waals surface area (Å²) in [6, 6.07) is 3.46. The molecule has 1 fully saturated rings. The van der Waals surface area contributed by atoms with Crippen LogP contribution in [0.15, 0.2) is 23.1 Å². The van der Waals surface area contributed by atoms with Gasteiger partial charge >= 0.3 is 12.1 Å². The van der Waals surface area contributed by atoms with Gasteiger partial charge < -0.3 is 10.1 Å².